The molecule has 0 aliphatic carbocycles. The molecule has 0 bridgehead atoms. The second kappa shape index (κ2) is 7.40. The average molecular weight is 368 g/mol. The SMILES string of the molecule is Fc1ccc(/C=C/c2nc(SCc3cc(-c4ccco4)on3)n[nH]2)cc1. The number of nitrogens with one attached hydrogen (secondary N) is 1. The Morgan fingerprint density at radius 3 is 2.81 bits per heavy atom. The van der Waals surface area contributed by atoms with E-state index in [2.05, 4.69) is 20.3 Å². The number of aromatic amines is 1. The van der Waals surface area contributed by atoms with Gasteiger partial charge in [0.15, 0.2) is 5.76 Å². The monoisotopic (exact) mass is 368 g/mol. The van der Waals surface area contributed by atoms with Crippen molar-refractivity contribution in [2.24, 2.45) is 0 Å². The van der Waals surface area contributed by atoms with Gasteiger partial charge in [0.1, 0.15) is 11.6 Å². The summed E-state index contributed by atoms with van der Waals surface area (Å²) in [7, 11) is 0. The maximum atomic E-state index is 12.9. The van der Waals surface area contributed by atoms with Crippen molar-refractivity contribution in [3.05, 3.63) is 71.6 Å². The highest BCUT2D eigenvalue weighted by Crippen LogP contribution is 2.24. The quantitative estimate of drug-likeness (QED) is 0.499. The molecule has 0 radical (unpaired) electrons. The van der Waals surface area contributed by atoms with Gasteiger partial charge in [-0.25, -0.2) is 9.37 Å². The molecule has 0 aliphatic heterocycles. The van der Waals surface area contributed by atoms with Crippen molar-refractivity contribution in [1.29, 1.82) is 0 Å². The summed E-state index contributed by atoms with van der Waals surface area (Å²) in [6, 6.07) is 11.6. The molecule has 0 saturated carbocycles. The lowest BCUT2D eigenvalue weighted by Gasteiger charge is -1.91. The molecule has 0 fully saturated rings. The van der Waals surface area contributed by atoms with Crippen LogP contribution in [0.15, 0.2) is 62.8 Å². The number of halogens is 1. The molecule has 0 atom stereocenters. The number of aromatic nitrogens is 4. The number of hydrogen-bond acceptors (Lipinski definition) is 6. The molecule has 3 aromatic heterocycles. The van der Waals surface area contributed by atoms with Gasteiger partial charge < -0.3 is 8.94 Å². The van der Waals surface area contributed by atoms with E-state index in [1.54, 1.807) is 30.5 Å². The second-order valence-corrected chi connectivity index (χ2v) is 6.28. The molecule has 0 unspecified atom stereocenters. The molecule has 3 heterocycles. The molecule has 0 saturated heterocycles. The fourth-order valence-corrected chi connectivity index (χ4v) is 2.89. The molecular formula is C18H13FN4O2S. The standard InChI is InChI=1S/C18H13FN4O2S/c19-13-6-3-12(4-7-13)5-8-17-20-18(22-21-17)26-11-14-10-16(25-23-14)15-2-1-9-24-15/h1-10H,11H2,(H,20,21,22)/b8-5+. The van der Waals surface area contributed by atoms with E-state index in [1.165, 1.54) is 23.9 Å². The first-order valence-electron chi connectivity index (χ1n) is 7.74. The van der Waals surface area contributed by atoms with Gasteiger partial charge in [-0.2, -0.15) is 0 Å². The topological polar surface area (TPSA) is 80.7 Å². The second-order valence-electron chi connectivity index (χ2n) is 5.34. The smallest absolute Gasteiger partial charge is 0.209 e. The first-order valence-corrected chi connectivity index (χ1v) is 8.73. The van der Waals surface area contributed by atoms with Gasteiger partial charge >= 0.3 is 0 Å². The zero-order valence-corrected chi connectivity index (χ0v) is 14.2. The number of nitrogens with zero attached hydrogens (tertiary/aromatic N) is 3. The molecular weight excluding hydrogens is 355 g/mol. The van der Waals surface area contributed by atoms with Crippen molar-refractivity contribution in [1.82, 2.24) is 20.3 Å². The minimum absolute atomic E-state index is 0.261. The summed E-state index contributed by atoms with van der Waals surface area (Å²) < 4.78 is 23.4. The maximum absolute atomic E-state index is 12.9. The lowest BCUT2D eigenvalue weighted by molar-refractivity contribution is 0.413. The zero-order chi connectivity index (χ0) is 17.8. The van der Waals surface area contributed by atoms with Crippen LogP contribution in [0.5, 0.6) is 0 Å². The fourth-order valence-electron chi connectivity index (χ4n) is 2.20. The minimum atomic E-state index is -0.261. The highest BCUT2D eigenvalue weighted by molar-refractivity contribution is 7.98. The summed E-state index contributed by atoms with van der Waals surface area (Å²) >= 11 is 1.44. The first kappa shape index (κ1) is 16.3. The normalized spacial score (nSPS) is 11.4. The van der Waals surface area contributed by atoms with Crippen molar-refractivity contribution in [3.63, 3.8) is 0 Å². The van der Waals surface area contributed by atoms with Crippen LogP contribution >= 0.6 is 11.8 Å². The average Bonchev–Trinajstić information content (AvgIpc) is 3.40. The van der Waals surface area contributed by atoms with Gasteiger partial charge in [-0.1, -0.05) is 35.1 Å². The summed E-state index contributed by atoms with van der Waals surface area (Å²) in [6.45, 7) is 0. The van der Waals surface area contributed by atoms with Crippen molar-refractivity contribution >= 4 is 23.9 Å². The van der Waals surface area contributed by atoms with Crippen molar-refractivity contribution in [3.8, 4) is 11.5 Å². The van der Waals surface area contributed by atoms with Gasteiger partial charge in [-0.3, -0.25) is 5.10 Å². The van der Waals surface area contributed by atoms with Gasteiger partial charge in [-0.05, 0) is 35.9 Å². The van der Waals surface area contributed by atoms with E-state index in [4.69, 9.17) is 8.94 Å². The van der Waals surface area contributed by atoms with Crippen molar-refractivity contribution < 1.29 is 13.3 Å². The predicted octanol–water partition coefficient (Wildman–Crippen LogP) is 4.65. The van der Waals surface area contributed by atoms with Crippen LogP contribution in [0.1, 0.15) is 17.1 Å². The highest BCUT2D eigenvalue weighted by atomic mass is 32.2. The van der Waals surface area contributed by atoms with Crippen LogP contribution in [0.4, 0.5) is 4.39 Å². The number of thioether (sulfide) groups is 1. The van der Waals surface area contributed by atoms with Gasteiger partial charge in [0, 0.05) is 11.8 Å². The lowest BCUT2D eigenvalue weighted by Crippen LogP contribution is -1.81. The summed E-state index contributed by atoms with van der Waals surface area (Å²) in [6.07, 6.45) is 5.21. The molecule has 26 heavy (non-hydrogen) atoms. The molecule has 4 aromatic rings. The molecule has 0 amide bonds. The number of rotatable bonds is 6. The van der Waals surface area contributed by atoms with Gasteiger partial charge in [0.2, 0.25) is 10.9 Å². The van der Waals surface area contributed by atoms with Crippen molar-refractivity contribution in [2.75, 3.05) is 0 Å². The van der Waals surface area contributed by atoms with E-state index in [0.29, 0.717) is 28.3 Å². The summed E-state index contributed by atoms with van der Waals surface area (Å²) in [4.78, 5) is 4.37. The molecule has 6 nitrogen and oxygen atoms in total. The Balaban J connectivity index is 1.36. The molecule has 1 aromatic carbocycles. The van der Waals surface area contributed by atoms with Crippen LogP contribution in [0.3, 0.4) is 0 Å². The van der Waals surface area contributed by atoms with E-state index >= 15 is 0 Å². The van der Waals surface area contributed by atoms with E-state index in [9.17, 15) is 4.39 Å². The first-order chi connectivity index (χ1) is 12.8. The summed E-state index contributed by atoms with van der Waals surface area (Å²) in [5.74, 6) is 2.16. The Hall–Kier alpha value is -3.13. The van der Waals surface area contributed by atoms with Crippen molar-refractivity contribution in [2.45, 2.75) is 10.9 Å². The number of furan rings is 1. The van der Waals surface area contributed by atoms with Crippen LogP contribution in [0.25, 0.3) is 23.7 Å². The largest absolute Gasteiger partial charge is 0.461 e. The Bertz CT molecular complexity index is 1010. The third-order valence-corrected chi connectivity index (χ3v) is 4.34. The minimum Gasteiger partial charge on any atom is -0.461 e. The Morgan fingerprint density at radius 1 is 1.12 bits per heavy atom. The molecule has 130 valence electrons. The van der Waals surface area contributed by atoms with E-state index in [0.717, 1.165) is 11.3 Å². The van der Waals surface area contributed by atoms with Gasteiger partial charge in [-0.15, -0.1) is 5.10 Å². The molecule has 1 N–H and O–H groups in total. The van der Waals surface area contributed by atoms with Crippen LogP contribution in [0, 0.1) is 5.82 Å². The summed E-state index contributed by atoms with van der Waals surface area (Å²) in [5.41, 5.74) is 1.65. The van der Waals surface area contributed by atoms with Gasteiger partial charge in [0.05, 0.1) is 12.0 Å². The van der Waals surface area contributed by atoms with E-state index in [-0.39, 0.29) is 5.82 Å². The van der Waals surface area contributed by atoms with E-state index < -0.39 is 0 Å². The lowest BCUT2D eigenvalue weighted by atomic mass is 10.2. The third kappa shape index (κ3) is 3.92. The number of hydrogen-bond donors (Lipinski definition) is 1. The van der Waals surface area contributed by atoms with Crippen LogP contribution in [-0.4, -0.2) is 20.3 Å². The Morgan fingerprint density at radius 2 is 2.00 bits per heavy atom. The molecule has 8 heteroatoms. The third-order valence-electron chi connectivity index (χ3n) is 3.46. The number of H-pyrrole nitrogens is 1. The zero-order valence-electron chi connectivity index (χ0n) is 13.4. The Kier molecular flexibility index (Phi) is 4.65. The predicted molar refractivity (Wildman–Crippen MR) is 95.5 cm³/mol. The van der Waals surface area contributed by atoms with E-state index in [1.807, 2.05) is 18.2 Å². The molecule has 4 rings (SSSR count). The van der Waals surface area contributed by atoms with Crippen LogP contribution < -0.4 is 0 Å². The Labute approximate surface area is 152 Å². The highest BCUT2D eigenvalue weighted by Gasteiger charge is 2.10. The molecule has 0 aliphatic rings. The fraction of sp³-hybridized carbons (Fsp3) is 0.0556. The van der Waals surface area contributed by atoms with Gasteiger partial charge in [0.25, 0.3) is 0 Å². The van der Waals surface area contributed by atoms with Crippen LogP contribution in [-0.2, 0) is 5.75 Å². The van der Waals surface area contributed by atoms with Crippen LogP contribution in [0.2, 0.25) is 0 Å². The molecule has 0 spiro atoms. The maximum Gasteiger partial charge on any atom is 0.209 e. The number of benzene rings is 1. The summed E-state index contributed by atoms with van der Waals surface area (Å²) in [5, 5.41) is 11.6.